The van der Waals surface area contributed by atoms with Gasteiger partial charge in [-0.1, -0.05) is 36.4 Å². The Hall–Kier alpha value is -2.81. The van der Waals surface area contributed by atoms with Gasteiger partial charge in [0.15, 0.2) is 0 Å². The first-order chi connectivity index (χ1) is 16.3. The maximum Gasteiger partial charge on any atom is 0.245 e. The number of benzene rings is 2. The highest BCUT2D eigenvalue weighted by molar-refractivity contribution is 7.89. The molecule has 2 aliphatic heterocycles. The summed E-state index contributed by atoms with van der Waals surface area (Å²) in [6.45, 7) is 6.99. The molecule has 1 unspecified atom stereocenters. The summed E-state index contributed by atoms with van der Waals surface area (Å²) >= 11 is 0. The van der Waals surface area contributed by atoms with Crippen LogP contribution in [0, 0.1) is 6.92 Å². The third-order valence-corrected chi connectivity index (χ3v) is 8.98. The molecule has 1 fully saturated rings. The second kappa shape index (κ2) is 9.09. The van der Waals surface area contributed by atoms with Crippen molar-refractivity contribution in [3.63, 3.8) is 0 Å². The molecule has 0 spiro atoms. The minimum absolute atomic E-state index is 0.111. The number of para-hydroxylation sites is 1. The number of nitrogens with zero attached hydrogens (tertiary/aromatic N) is 4. The first kappa shape index (κ1) is 23.0. The number of pyridine rings is 1. The van der Waals surface area contributed by atoms with E-state index < -0.39 is 10.0 Å². The number of fused-ring (bicyclic) bond motifs is 2. The number of aryl methyl sites for hydroxylation is 1. The highest BCUT2D eigenvalue weighted by atomic mass is 32.2. The summed E-state index contributed by atoms with van der Waals surface area (Å²) < 4.78 is 28.4. The highest BCUT2D eigenvalue weighted by Crippen LogP contribution is 2.26. The summed E-state index contributed by atoms with van der Waals surface area (Å²) in [7, 11) is -3.68. The van der Waals surface area contributed by atoms with Gasteiger partial charge in [0.1, 0.15) is 4.90 Å². The molecule has 1 aromatic heterocycles. The van der Waals surface area contributed by atoms with E-state index in [1.165, 1.54) is 15.4 Å². The topological polar surface area (TPSA) is 73.8 Å². The van der Waals surface area contributed by atoms with Crippen molar-refractivity contribution in [2.75, 3.05) is 32.7 Å². The van der Waals surface area contributed by atoms with E-state index in [1.54, 1.807) is 18.3 Å². The van der Waals surface area contributed by atoms with Gasteiger partial charge < -0.3 is 4.90 Å². The highest BCUT2D eigenvalue weighted by Gasteiger charge is 2.34. The Morgan fingerprint density at radius 1 is 0.971 bits per heavy atom. The number of carbonyl (C=O) groups excluding carboxylic acids is 1. The van der Waals surface area contributed by atoms with Crippen LogP contribution in [0.15, 0.2) is 59.6 Å². The van der Waals surface area contributed by atoms with Crippen LogP contribution in [-0.2, 0) is 27.8 Å². The van der Waals surface area contributed by atoms with Crippen LogP contribution in [-0.4, -0.2) is 72.2 Å². The average Bonchev–Trinajstić information content (AvgIpc) is 2.87. The number of sulfonamides is 1. The third-order valence-electron chi connectivity index (χ3n) is 7.05. The van der Waals surface area contributed by atoms with E-state index in [0.717, 1.165) is 23.9 Å². The lowest BCUT2D eigenvalue weighted by molar-refractivity contribution is -0.137. The zero-order valence-electron chi connectivity index (χ0n) is 19.6. The number of carbonyl (C=O) groups is 1. The van der Waals surface area contributed by atoms with Gasteiger partial charge in [-0.05, 0) is 49.1 Å². The second-order valence-corrected chi connectivity index (χ2v) is 11.1. The number of rotatable bonds is 4. The quantitative estimate of drug-likeness (QED) is 0.577. The predicted molar refractivity (Wildman–Crippen MR) is 132 cm³/mol. The van der Waals surface area contributed by atoms with Crippen molar-refractivity contribution in [2.24, 2.45) is 0 Å². The molecule has 1 amide bonds. The van der Waals surface area contributed by atoms with Gasteiger partial charge in [0, 0.05) is 50.9 Å². The van der Waals surface area contributed by atoms with Crippen molar-refractivity contribution >= 4 is 26.8 Å². The fourth-order valence-corrected chi connectivity index (χ4v) is 6.61. The van der Waals surface area contributed by atoms with Gasteiger partial charge in [-0.15, -0.1) is 0 Å². The maximum absolute atomic E-state index is 13.5. The molecule has 0 N–H and O–H groups in total. The van der Waals surface area contributed by atoms with Crippen molar-refractivity contribution < 1.29 is 13.2 Å². The molecular weight excluding hydrogens is 448 g/mol. The Balaban J connectivity index is 1.26. The lowest BCUT2D eigenvalue weighted by Gasteiger charge is -2.39. The van der Waals surface area contributed by atoms with Crippen LogP contribution in [0.5, 0.6) is 0 Å². The first-order valence-corrected chi connectivity index (χ1v) is 13.2. The van der Waals surface area contributed by atoms with Gasteiger partial charge in [0.25, 0.3) is 0 Å². The van der Waals surface area contributed by atoms with Gasteiger partial charge in [0.05, 0.1) is 11.6 Å². The molecule has 0 saturated carbocycles. The van der Waals surface area contributed by atoms with Gasteiger partial charge in [0.2, 0.25) is 15.9 Å². The van der Waals surface area contributed by atoms with E-state index in [2.05, 4.69) is 22.0 Å². The van der Waals surface area contributed by atoms with E-state index in [0.29, 0.717) is 38.2 Å². The molecule has 34 heavy (non-hydrogen) atoms. The average molecular weight is 479 g/mol. The Bertz CT molecular complexity index is 1330. The zero-order valence-corrected chi connectivity index (χ0v) is 20.5. The zero-order chi connectivity index (χ0) is 23.9. The third kappa shape index (κ3) is 4.21. The van der Waals surface area contributed by atoms with Crippen LogP contribution in [0.2, 0.25) is 0 Å². The molecule has 178 valence electrons. The van der Waals surface area contributed by atoms with Gasteiger partial charge in [-0.2, -0.15) is 4.31 Å². The number of hydrogen-bond donors (Lipinski definition) is 0. The molecule has 3 heterocycles. The Kier molecular flexibility index (Phi) is 6.14. The molecule has 5 rings (SSSR count). The molecule has 7 nitrogen and oxygen atoms in total. The second-order valence-electron chi connectivity index (χ2n) is 9.24. The monoisotopic (exact) mass is 478 g/mol. The molecule has 3 aromatic rings. The molecule has 0 radical (unpaired) electrons. The molecule has 0 bridgehead atoms. The predicted octanol–water partition coefficient (Wildman–Crippen LogP) is 2.82. The standard InChI is InChI=1S/C26H30N4O3S/c1-19-16-22-8-5-9-24(25(22)27-17-19)34(32,33)30-14-12-28(13-15-30)20(2)26(31)29-11-10-21-6-3-4-7-23(21)18-29/h3-9,16-17,20H,10-15,18H2,1-2H3. The van der Waals surface area contributed by atoms with Crippen LogP contribution in [0.4, 0.5) is 0 Å². The first-order valence-electron chi connectivity index (χ1n) is 11.8. The van der Waals surface area contributed by atoms with Crippen LogP contribution in [0.1, 0.15) is 23.6 Å². The smallest absolute Gasteiger partial charge is 0.245 e. The van der Waals surface area contributed by atoms with Gasteiger partial charge >= 0.3 is 0 Å². The SMILES string of the molecule is Cc1cnc2c(S(=O)(=O)N3CCN(C(C)C(=O)N4CCc5ccccc5C4)CC3)cccc2c1. The molecule has 8 heteroatoms. The minimum atomic E-state index is -3.68. The van der Waals surface area contributed by atoms with E-state index in [4.69, 9.17) is 0 Å². The number of piperazine rings is 1. The molecule has 2 aliphatic rings. The number of amides is 1. The Morgan fingerprint density at radius 3 is 2.47 bits per heavy atom. The number of hydrogen-bond acceptors (Lipinski definition) is 5. The van der Waals surface area contributed by atoms with Crippen LogP contribution < -0.4 is 0 Å². The normalized spacial score (nSPS) is 18.6. The van der Waals surface area contributed by atoms with Crippen molar-refractivity contribution in [3.8, 4) is 0 Å². The van der Waals surface area contributed by atoms with E-state index >= 15 is 0 Å². The minimum Gasteiger partial charge on any atom is -0.337 e. The maximum atomic E-state index is 13.5. The van der Waals surface area contributed by atoms with Crippen LogP contribution in [0.3, 0.4) is 0 Å². The van der Waals surface area contributed by atoms with Gasteiger partial charge in [-0.3, -0.25) is 14.7 Å². The van der Waals surface area contributed by atoms with Crippen LogP contribution in [0.25, 0.3) is 10.9 Å². The Labute approximate surface area is 201 Å². The molecule has 0 aliphatic carbocycles. The van der Waals surface area contributed by atoms with E-state index in [-0.39, 0.29) is 16.8 Å². The summed E-state index contributed by atoms with van der Waals surface area (Å²) in [4.78, 5) is 21.9. The van der Waals surface area contributed by atoms with Crippen LogP contribution >= 0.6 is 0 Å². The molecule has 1 saturated heterocycles. The Morgan fingerprint density at radius 2 is 1.71 bits per heavy atom. The molecule has 1 atom stereocenters. The summed E-state index contributed by atoms with van der Waals surface area (Å²) in [5.74, 6) is 0.111. The summed E-state index contributed by atoms with van der Waals surface area (Å²) in [6, 6.07) is 15.2. The van der Waals surface area contributed by atoms with Crippen molar-refractivity contribution in [1.29, 1.82) is 0 Å². The fourth-order valence-electron chi connectivity index (χ4n) is 5.03. The fraction of sp³-hybridized carbons (Fsp3) is 0.385. The number of aromatic nitrogens is 1. The lowest BCUT2D eigenvalue weighted by Crippen LogP contribution is -2.55. The van der Waals surface area contributed by atoms with Gasteiger partial charge in [-0.25, -0.2) is 8.42 Å². The van der Waals surface area contributed by atoms with E-state index in [1.807, 2.05) is 43.0 Å². The molecule has 2 aromatic carbocycles. The summed E-state index contributed by atoms with van der Waals surface area (Å²) in [6.07, 6.45) is 2.57. The lowest BCUT2D eigenvalue weighted by atomic mass is 9.99. The van der Waals surface area contributed by atoms with Crippen molar-refractivity contribution in [3.05, 3.63) is 71.4 Å². The van der Waals surface area contributed by atoms with Crippen molar-refractivity contribution in [1.82, 2.24) is 19.1 Å². The van der Waals surface area contributed by atoms with E-state index in [9.17, 15) is 13.2 Å². The largest absolute Gasteiger partial charge is 0.337 e. The summed E-state index contributed by atoms with van der Waals surface area (Å²) in [5, 5.41) is 0.821. The molecular formula is C26H30N4O3S. The summed E-state index contributed by atoms with van der Waals surface area (Å²) in [5.41, 5.74) is 4.02. The van der Waals surface area contributed by atoms with Crippen molar-refractivity contribution in [2.45, 2.75) is 37.8 Å².